The number of urea groups is 1. The molecule has 0 unspecified atom stereocenters. The van der Waals surface area contributed by atoms with E-state index in [-0.39, 0.29) is 16.7 Å². The van der Waals surface area contributed by atoms with Crippen molar-refractivity contribution in [3.63, 3.8) is 0 Å². The number of carbonyl (C=O) groups excluding carboxylic acids is 2. The molecule has 2 aliphatic heterocycles. The Morgan fingerprint density at radius 3 is 2.67 bits per heavy atom. The Morgan fingerprint density at radius 2 is 2.00 bits per heavy atom. The summed E-state index contributed by atoms with van der Waals surface area (Å²) in [6.07, 6.45) is 4.96. The molecule has 3 aliphatic rings. The monoisotopic (exact) mass is 389 g/mol. The molecule has 7 nitrogen and oxygen atoms in total. The Balaban J connectivity index is 1.85. The normalized spacial score (nSPS) is 29.2. The molecule has 1 aromatic carbocycles. The van der Waals surface area contributed by atoms with E-state index in [1.54, 1.807) is 18.2 Å². The lowest BCUT2D eigenvalue weighted by Crippen LogP contribution is -2.63. The molecule has 2 heterocycles. The van der Waals surface area contributed by atoms with Gasteiger partial charge in [0.2, 0.25) is 5.91 Å². The quantitative estimate of drug-likeness (QED) is 0.793. The maximum absolute atomic E-state index is 13.3. The van der Waals surface area contributed by atoms with E-state index in [2.05, 4.69) is 5.32 Å². The van der Waals surface area contributed by atoms with E-state index in [9.17, 15) is 18.0 Å². The topological polar surface area (TPSA) is 86.8 Å². The highest BCUT2D eigenvalue weighted by Crippen LogP contribution is 2.51. The van der Waals surface area contributed by atoms with Crippen molar-refractivity contribution in [1.82, 2.24) is 14.5 Å². The number of hydrogen-bond donors (Lipinski definition) is 1. The molecule has 1 aliphatic carbocycles. The Hall–Kier alpha value is -2.35. The first-order chi connectivity index (χ1) is 12.8. The van der Waals surface area contributed by atoms with E-state index < -0.39 is 27.6 Å². The number of amides is 3. The van der Waals surface area contributed by atoms with Crippen molar-refractivity contribution in [3.05, 3.63) is 42.0 Å². The number of nitrogens with one attached hydrogen (secondary N) is 1. The van der Waals surface area contributed by atoms with Crippen molar-refractivity contribution in [2.45, 2.75) is 43.2 Å². The highest BCUT2D eigenvalue weighted by atomic mass is 32.2. The second-order valence-electron chi connectivity index (χ2n) is 7.33. The van der Waals surface area contributed by atoms with E-state index in [0.717, 1.165) is 9.87 Å². The van der Waals surface area contributed by atoms with Gasteiger partial charge in [-0.1, -0.05) is 29.8 Å². The minimum Gasteiger partial charge on any atom is -0.354 e. The SMILES string of the molecule is CCNC(=O)[C@@]12[C@H]3CC=C[C@@H]1N(S(=O)(=O)c1ccc(C)cc1)C(=O)N2CC3. The van der Waals surface area contributed by atoms with Crippen LogP contribution in [0.1, 0.15) is 25.3 Å². The number of aryl methyl sites for hydroxylation is 1. The molecular weight excluding hydrogens is 366 g/mol. The van der Waals surface area contributed by atoms with Crippen molar-refractivity contribution < 1.29 is 18.0 Å². The van der Waals surface area contributed by atoms with Gasteiger partial charge in [-0.25, -0.2) is 17.5 Å². The van der Waals surface area contributed by atoms with Crippen LogP contribution >= 0.6 is 0 Å². The van der Waals surface area contributed by atoms with Gasteiger partial charge in [0.1, 0.15) is 6.04 Å². The number of hydrogen-bond acceptors (Lipinski definition) is 4. The average molecular weight is 389 g/mol. The molecular formula is C19H23N3O4S. The Bertz CT molecular complexity index is 925. The molecule has 0 radical (unpaired) electrons. The lowest BCUT2D eigenvalue weighted by Gasteiger charge is -2.40. The molecule has 1 N–H and O–H groups in total. The van der Waals surface area contributed by atoms with E-state index in [1.165, 1.54) is 17.0 Å². The van der Waals surface area contributed by atoms with Crippen LogP contribution in [-0.4, -0.2) is 54.2 Å². The molecule has 3 atom stereocenters. The standard InChI is InChI=1S/C19H23N3O4S/c1-3-20-17(23)19-14-5-4-6-16(19)22(18(24)21(19)12-11-14)27(25,26)15-9-7-13(2)8-10-15/h4,6-10,14,16H,3,5,11-12H2,1-2H3,(H,20,23)/t14-,16-,19+/m0/s1. The fraction of sp³-hybridized carbons (Fsp3) is 0.474. The first-order valence-electron chi connectivity index (χ1n) is 9.22. The van der Waals surface area contributed by atoms with Gasteiger partial charge in [0.15, 0.2) is 5.54 Å². The van der Waals surface area contributed by atoms with Gasteiger partial charge in [-0.3, -0.25) is 4.79 Å². The third-order valence-electron chi connectivity index (χ3n) is 5.91. The third kappa shape index (κ3) is 2.29. The van der Waals surface area contributed by atoms with Gasteiger partial charge in [-0.2, -0.15) is 0 Å². The number of sulfonamides is 1. The second kappa shape index (κ2) is 6.09. The Labute approximate surface area is 159 Å². The number of rotatable bonds is 4. The minimum absolute atomic E-state index is 0.0594. The maximum atomic E-state index is 13.3. The number of nitrogens with zero attached hydrogens (tertiary/aromatic N) is 2. The molecule has 4 rings (SSSR count). The van der Waals surface area contributed by atoms with Crippen LogP contribution in [0.15, 0.2) is 41.3 Å². The average Bonchev–Trinajstić information content (AvgIpc) is 3.15. The summed E-state index contributed by atoms with van der Waals surface area (Å²) in [7, 11) is -4.07. The summed E-state index contributed by atoms with van der Waals surface area (Å²) in [5.74, 6) is -0.349. The van der Waals surface area contributed by atoms with Crippen molar-refractivity contribution in [2.24, 2.45) is 5.92 Å². The van der Waals surface area contributed by atoms with Gasteiger partial charge in [-0.15, -0.1) is 0 Å². The lowest BCUT2D eigenvalue weighted by atomic mass is 9.73. The fourth-order valence-electron chi connectivity index (χ4n) is 4.70. The maximum Gasteiger partial charge on any atom is 0.335 e. The molecule has 144 valence electrons. The summed E-state index contributed by atoms with van der Waals surface area (Å²) in [4.78, 5) is 27.8. The molecule has 27 heavy (non-hydrogen) atoms. The highest BCUT2D eigenvalue weighted by Gasteiger charge is 2.70. The first-order valence-corrected chi connectivity index (χ1v) is 10.7. The Kier molecular flexibility index (Phi) is 4.06. The molecule has 3 amide bonds. The van der Waals surface area contributed by atoms with Crippen molar-refractivity contribution in [3.8, 4) is 0 Å². The Morgan fingerprint density at radius 1 is 1.30 bits per heavy atom. The number of likely N-dealkylation sites (N-methyl/N-ethyl adjacent to an activating group) is 1. The van der Waals surface area contributed by atoms with Gasteiger partial charge in [0, 0.05) is 13.1 Å². The van der Waals surface area contributed by atoms with Crippen LogP contribution < -0.4 is 5.32 Å². The molecule has 0 spiro atoms. The van der Waals surface area contributed by atoms with E-state index in [1.807, 2.05) is 19.9 Å². The van der Waals surface area contributed by atoms with Crippen LogP contribution in [0.2, 0.25) is 0 Å². The summed E-state index contributed by atoms with van der Waals surface area (Å²) >= 11 is 0. The number of carbonyl (C=O) groups is 2. The van der Waals surface area contributed by atoms with Gasteiger partial charge in [0.25, 0.3) is 10.0 Å². The summed E-state index contributed by atoms with van der Waals surface area (Å²) in [6, 6.07) is 4.97. The molecule has 0 aromatic heterocycles. The van der Waals surface area contributed by atoms with Crippen LogP contribution in [0.25, 0.3) is 0 Å². The van der Waals surface area contributed by atoms with Gasteiger partial charge >= 0.3 is 6.03 Å². The van der Waals surface area contributed by atoms with Crippen molar-refractivity contribution >= 4 is 22.0 Å². The van der Waals surface area contributed by atoms with Crippen LogP contribution in [0, 0.1) is 12.8 Å². The summed E-state index contributed by atoms with van der Waals surface area (Å²) in [5.41, 5.74) is -0.224. The molecule has 2 saturated heterocycles. The summed E-state index contributed by atoms with van der Waals surface area (Å²) in [6.45, 7) is 4.50. The zero-order valence-corrected chi connectivity index (χ0v) is 16.2. The largest absolute Gasteiger partial charge is 0.354 e. The second-order valence-corrected chi connectivity index (χ2v) is 9.14. The van der Waals surface area contributed by atoms with Crippen molar-refractivity contribution in [1.29, 1.82) is 0 Å². The third-order valence-corrected chi connectivity index (χ3v) is 7.68. The number of allylic oxidation sites excluding steroid dienone is 1. The van der Waals surface area contributed by atoms with Gasteiger partial charge < -0.3 is 10.2 Å². The summed E-state index contributed by atoms with van der Waals surface area (Å²) < 4.78 is 27.6. The van der Waals surface area contributed by atoms with Crippen LogP contribution in [0.3, 0.4) is 0 Å². The molecule has 1 aromatic rings. The van der Waals surface area contributed by atoms with Crippen LogP contribution in [0.5, 0.6) is 0 Å². The van der Waals surface area contributed by atoms with E-state index in [0.29, 0.717) is 25.9 Å². The molecule has 2 fully saturated rings. The van der Waals surface area contributed by atoms with E-state index >= 15 is 0 Å². The zero-order valence-electron chi connectivity index (χ0n) is 15.4. The zero-order chi connectivity index (χ0) is 19.4. The highest BCUT2D eigenvalue weighted by molar-refractivity contribution is 7.89. The minimum atomic E-state index is -4.07. The smallest absolute Gasteiger partial charge is 0.335 e. The predicted octanol–water partition coefficient (Wildman–Crippen LogP) is 1.64. The fourth-order valence-corrected chi connectivity index (χ4v) is 6.24. The van der Waals surface area contributed by atoms with Gasteiger partial charge in [0.05, 0.1) is 4.90 Å². The predicted molar refractivity (Wildman–Crippen MR) is 99.4 cm³/mol. The molecule has 0 bridgehead atoms. The number of benzene rings is 1. The lowest BCUT2D eigenvalue weighted by molar-refractivity contribution is -0.132. The molecule has 8 heteroatoms. The first kappa shape index (κ1) is 18.0. The van der Waals surface area contributed by atoms with Crippen LogP contribution in [0.4, 0.5) is 4.79 Å². The summed E-state index contributed by atoms with van der Waals surface area (Å²) in [5, 5.41) is 2.83. The van der Waals surface area contributed by atoms with Gasteiger partial charge in [-0.05, 0) is 44.7 Å². The van der Waals surface area contributed by atoms with E-state index in [4.69, 9.17) is 0 Å². The molecule has 0 saturated carbocycles. The van der Waals surface area contributed by atoms with Crippen LogP contribution in [-0.2, 0) is 14.8 Å². The van der Waals surface area contributed by atoms with Crippen molar-refractivity contribution in [2.75, 3.05) is 13.1 Å².